The second-order valence-corrected chi connectivity index (χ2v) is 34.6. The van der Waals surface area contributed by atoms with Crippen molar-refractivity contribution in [2.75, 3.05) is 207 Å². The van der Waals surface area contributed by atoms with Crippen molar-refractivity contribution < 1.29 is 33.2 Å². The fourth-order valence-electron chi connectivity index (χ4n) is 13.4. The minimum absolute atomic E-state index is 0.145. The van der Waals surface area contributed by atoms with Crippen molar-refractivity contribution in [1.29, 1.82) is 0 Å². The Kier molecular flexibility index (Phi) is 59.8. The van der Waals surface area contributed by atoms with Gasteiger partial charge in [-0.1, -0.05) is 82.9 Å². The molecule has 2 aromatic carbocycles. The van der Waals surface area contributed by atoms with Crippen LogP contribution < -0.4 is 64.2 Å². The third-order valence-corrected chi connectivity index (χ3v) is 24.0. The second-order valence-electron chi connectivity index (χ2n) is 30.9. The number of hydrogen-bond acceptors (Lipinski definition) is 27. The summed E-state index contributed by atoms with van der Waals surface area (Å²) in [5.74, 6) is 3.35. The summed E-state index contributed by atoms with van der Waals surface area (Å²) in [7, 11) is 22.9. The standard InChI is InChI=1S/C13H20N2.C12H26N2.C9H19NO2.C7H7N3S.C7H13N3S.C7H16N2O3S.2C7H16N2.C6H13NO2.C5H14N2/c1-14-13-7-9-15(10-8-13)11-12-5-3-2-4-6-12;1-12(2,3)9-14-11-8-6-5-7-10(11)13-4;1-10-8-2-4-9(5-3-8)12-7-6-11;1-8-5-3-2-4-6-7(5)10-11-9-6;1-8-4-5-11-6-7-9-2-3-10-7;1-8-2-7-13(10,11)9-3-5-12-6-4-9;1-8-7-3-5-9(2)6-4-7;1-9-7-5-3-2-4-6(7)8;1-7-4-2-5(8)6(9)3-4;1-6-4-5-7(2)3/h2-6,13-14H,7-11H2,1H3;10-11,13-14H,5-9H2,1-4H3;8-11H,2-7H2,1H3;2-4,8H,1H3;2-3,8H,4-6H2,1H3,(H,9,10);8H,2-7H2,1H3;7-8H,3-6H2,1-2H3;6-7,9H,2-5,8H2,1H3;4-9H,2-3H2,1H3;6H,4-5H2,1-3H3. The van der Waals surface area contributed by atoms with Gasteiger partial charge in [-0.2, -0.15) is 24.8 Å². The van der Waals surface area contributed by atoms with Crippen LogP contribution in [-0.2, 0) is 31.8 Å². The van der Waals surface area contributed by atoms with Gasteiger partial charge in [-0.3, -0.25) is 4.90 Å². The molecule has 11 rings (SSSR count). The van der Waals surface area contributed by atoms with Gasteiger partial charge in [0.15, 0.2) is 0 Å². The Labute approximate surface area is 676 Å². The Morgan fingerprint density at radius 3 is 1.72 bits per heavy atom. The van der Waals surface area contributed by atoms with Gasteiger partial charge in [-0.05, 0) is 224 Å². The molecule has 17 N–H and O–H groups in total. The number of nitrogens with one attached hydrogen (secondary N) is 12. The van der Waals surface area contributed by atoms with E-state index in [1.54, 1.807) is 13.2 Å². The average Bonchev–Trinajstić information content (AvgIpc) is 1.71. The van der Waals surface area contributed by atoms with E-state index in [1.807, 2.05) is 78.4 Å². The third-order valence-electron chi connectivity index (χ3n) is 20.7. The van der Waals surface area contributed by atoms with Gasteiger partial charge < -0.3 is 104 Å². The summed E-state index contributed by atoms with van der Waals surface area (Å²) in [5, 5.41) is 61.9. The number of likely N-dealkylation sites (tertiary alicyclic amines) is 2. The quantitative estimate of drug-likeness (QED) is 0.0338. The van der Waals surface area contributed by atoms with Crippen molar-refractivity contribution in [2.45, 2.75) is 215 Å². The number of morpholine rings is 1. The Morgan fingerprint density at radius 1 is 0.664 bits per heavy atom. The van der Waals surface area contributed by atoms with Crippen molar-refractivity contribution >= 4 is 50.2 Å². The molecule has 7 aliphatic rings. The number of ether oxygens (including phenoxy) is 2. The topological polar surface area (TPSA) is 339 Å². The fourth-order valence-corrected chi connectivity index (χ4v) is 16.2. The van der Waals surface area contributed by atoms with Crippen molar-refractivity contribution in [3.63, 3.8) is 0 Å². The van der Waals surface area contributed by atoms with E-state index >= 15 is 0 Å². The number of piperidine rings is 2. The number of fused-ring (bicyclic) bond motifs is 1. The fraction of sp³-hybridized carbons (Fsp3) is 0.812. The molecule has 2 aromatic heterocycles. The number of imidazole rings is 1. The summed E-state index contributed by atoms with van der Waals surface area (Å²) < 4.78 is 43.4. The highest BCUT2D eigenvalue weighted by Gasteiger charge is 2.30. The van der Waals surface area contributed by atoms with Crippen LogP contribution in [0.25, 0.3) is 11.0 Å². The first-order valence-corrected chi connectivity index (χ1v) is 44.6. The smallest absolute Gasteiger partial charge is 0.215 e. The minimum Gasteiger partial charge on any atom is -0.394 e. The van der Waals surface area contributed by atoms with E-state index < -0.39 is 22.2 Å². The third kappa shape index (κ3) is 48.3. The first-order chi connectivity index (χ1) is 53.0. The van der Waals surface area contributed by atoms with Gasteiger partial charge in [0.25, 0.3) is 0 Å². The van der Waals surface area contributed by atoms with Gasteiger partial charge in [-0.15, -0.1) is 0 Å². The molecule has 0 spiro atoms. The van der Waals surface area contributed by atoms with Gasteiger partial charge in [-0.25, -0.2) is 13.4 Å². The molecule has 4 aromatic rings. The molecule has 5 heterocycles. The number of nitrogens with zero attached hydrogens (tertiary/aromatic N) is 7. The number of hydrogen-bond donors (Lipinski definition) is 16. The van der Waals surface area contributed by atoms with Crippen LogP contribution in [-0.4, -0.2) is 330 Å². The summed E-state index contributed by atoms with van der Waals surface area (Å²) in [6, 6.07) is 21.5. The average molecular weight is 1610 g/mol. The zero-order valence-corrected chi connectivity index (χ0v) is 73.6. The lowest BCUT2D eigenvalue weighted by Crippen LogP contribution is -2.50. The Hall–Kier alpha value is -3.23. The van der Waals surface area contributed by atoms with Crippen LogP contribution in [0.15, 0.2) is 60.9 Å². The van der Waals surface area contributed by atoms with Crippen molar-refractivity contribution in [3.8, 4) is 0 Å². The Morgan fingerprint density at radius 2 is 1.23 bits per heavy atom. The SMILES string of the molecule is CNC1CC(O)C(O)C1.CNC1CCC(OCCO)CC1.CNC1CCCCC1N.CNC1CCCCC1NCC(C)(C)C.CNC1CCN(C)CC1.CNC1CCN(Cc2ccccc2)CC1.CNCCN(C)C.CNCCS(=O)(=O)N1CCOCC1.CNCCSCc1ncc[nH]1.CNc1cccc2nsnc12. The number of nitrogens with two attached hydrogens (primary N) is 1. The largest absolute Gasteiger partial charge is 0.394 e. The van der Waals surface area contributed by atoms with Crippen LogP contribution in [0.5, 0.6) is 0 Å². The van der Waals surface area contributed by atoms with E-state index in [-0.39, 0.29) is 12.4 Å². The lowest BCUT2D eigenvalue weighted by atomic mass is 9.89. The summed E-state index contributed by atoms with van der Waals surface area (Å²) in [4.78, 5) is 14.3. The number of anilines is 1. The molecule has 0 amide bonds. The van der Waals surface area contributed by atoms with E-state index in [9.17, 15) is 8.42 Å². The van der Waals surface area contributed by atoms with E-state index in [0.717, 1.165) is 91.7 Å². The van der Waals surface area contributed by atoms with E-state index in [2.05, 4.69) is 185 Å². The number of benzene rings is 2. The molecule has 6 unspecified atom stereocenters. The number of aromatic nitrogens is 4. The van der Waals surface area contributed by atoms with Crippen molar-refractivity contribution in [1.82, 2.24) is 90.9 Å². The monoisotopic (exact) mass is 1610 g/mol. The van der Waals surface area contributed by atoms with Gasteiger partial charge in [0.2, 0.25) is 10.0 Å². The summed E-state index contributed by atoms with van der Waals surface area (Å²) in [6.45, 7) is 20.5. The summed E-state index contributed by atoms with van der Waals surface area (Å²) >= 11 is 3.12. The predicted molar refractivity (Wildman–Crippen MR) is 466 cm³/mol. The minimum atomic E-state index is -3.05. The van der Waals surface area contributed by atoms with Crippen LogP contribution >= 0.6 is 23.5 Å². The lowest BCUT2D eigenvalue weighted by Gasteiger charge is -2.34. The molecule has 110 heavy (non-hydrogen) atoms. The molecule has 3 saturated heterocycles. The number of likely N-dealkylation sites (N-methyl/N-ethyl adjacent to an activating group) is 4. The zero-order chi connectivity index (χ0) is 81.2. The molecule has 4 saturated carbocycles. The number of rotatable bonds is 26. The Balaban J connectivity index is 0.000000418. The molecule has 30 heteroatoms. The number of aromatic amines is 1. The molecule has 0 bridgehead atoms. The maximum atomic E-state index is 11.6. The van der Waals surface area contributed by atoms with Gasteiger partial charge >= 0.3 is 0 Å². The number of thioether (sulfide) groups is 1. The predicted octanol–water partition coefficient (Wildman–Crippen LogP) is 5.65. The highest BCUT2D eigenvalue weighted by Crippen LogP contribution is 2.24. The van der Waals surface area contributed by atoms with E-state index in [4.69, 9.17) is 30.5 Å². The molecular formula is C80H160N20O7S3. The lowest BCUT2D eigenvalue weighted by molar-refractivity contribution is 0.00457. The van der Waals surface area contributed by atoms with E-state index in [0.29, 0.717) is 100 Å². The van der Waals surface area contributed by atoms with Crippen LogP contribution in [0.2, 0.25) is 0 Å². The number of H-pyrrole nitrogens is 1. The van der Waals surface area contributed by atoms with Crippen LogP contribution in [0, 0.1) is 5.41 Å². The molecule has 6 atom stereocenters. The van der Waals surface area contributed by atoms with Gasteiger partial charge in [0.1, 0.15) is 16.9 Å². The summed E-state index contributed by atoms with van der Waals surface area (Å²) in [6.07, 6.45) is 24.8. The number of aliphatic hydroxyl groups is 3. The van der Waals surface area contributed by atoms with Crippen molar-refractivity contribution in [2.24, 2.45) is 11.1 Å². The highest BCUT2D eigenvalue weighted by atomic mass is 32.2. The number of sulfonamides is 1. The first kappa shape index (κ1) is 103. The summed E-state index contributed by atoms with van der Waals surface area (Å²) in [5.41, 5.74) is 10.6. The van der Waals surface area contributed by atoms with Gasteiger partial charge in [0.05, 0.1) is 73.7 Å². The maximum Gasteiger partial charge on any atom is 0.215 e. The van der Waals surface area contributed by atoms with E-state index in [1.165, 1.54) is 138 Å². The normalized spacial score (nSPS) is 23.4. The van der Waals surface area contributed by atoms with Crippen LogP contribution in [0.4, 0.5) is 5.69 Å². The number of aliphatic hydroxyl groups excluding tert-OH is 3. The van der Waals surface area contributed by atoms with Gasteiger partial charge in [0, 0.05) is 126 Å². The van der Waals surface area contributed by atoms with Crippen LogP contribution in [0.3, 0.4) is 0 Å². The molecule has 7 fully saturated rings. The maximum absolute atomic E-state index is 11.6. The molecule has 27 nitrogen and oxygen atoms in total. The molecule has 3 aliphatic heterocycles. The molecular weight excluding hydrogens is 1450 g/mol. The zero-order valence-electron chi connectivity index (χ0n) is 71.2. The van der Waals surface area contributed by atoms with Crippen LogP contribution in [0.1, 0.15) is 148 Å². The highest BCUT2D eigenvalue weighted by molar-refractivity contribution is 7.98. The molecule has 0 radical (unpaired) electrons. The molecule has 640 valence electrons. The second kappa shape index (κ2) is 63.9. The first-order valence-electron chi connectivity index (χ1n) is 41.1. The van der Waals surface area contributed by atoms with Crippen molar-refractivity contribution in [3.05, 3.63) is 72.3 Å². The molecule has 4 aliphatic carbocycles. The Bertz CT molecular complexity index is 2810.